The number of amidine groups is 1. The quantitative estimate of drug-likeness (QED) is 0.564. The first kappa shape index (κ1) is 16.0. The summed E-state index contributed by atoms with van der Waals surface area (Å²) in [6.45, 7) is 3.91. The van der Waals surface area contributed by atoms with Gasteiger partial charge in [-0.15, -0.1) is 0 Å². The highest BCUT2D eigenvalue weighted by atomic mass is 32.2. The number of rotatable bonds is 3. The van der Waals surface area contributed by atoms with Gasteiger partial charge in [0.1, 0.15) is 5.25 Å². The van der Waals surface area contributed by atoms with Crippen molar-refractivity contribution in [2.45, 2.75) is 25.5 Å². The van der Waals surface area contributed by atoms with Gasteiger partial charge in [0, 0.05) is 12.1 Å². The summed E-state index contributed by atoms with van der Waals surface area (Å²) >= 11 is 1.08. The first-order chi connectivity index (χ1) is 10.3. The van der Waals surface area contributed by atoms with Gasteiger partial charge >= 0.3 is 0 Å². The molecular formula is C14H17N5O2S. The Hall–Kier alpha value is -2.35. The summed E-state index contributed by atoms with van der Waals surface area (Å²) in [6, 6.07) is 5.76. The molecule has 116 valence electrons. The first-order valence-corrected chi connectivity index (χ1v) is 7.48. The van der Waals surface area contributed by atoms with Crippen LogP contribution in [0.3, 0.4) is 0 Å². The van der Waals surface area contributed by atoms with E-state index in [-0.39, 0.29) is 23.5 Å². The minimum absolute atomic E-state index is 0.0173. The van der Waals surface area contributed by atoms with Crippen molar-refractivity contribution in [1.82, 2.24) is 0 Å². The monoisotopic (exact) mass is 319 g/mol. The lowest BCUT2D eigenvalue weighted by Crippen LogP contribution is -2.23. The Morgan fingerprint density at radius 1 is 1.32 bits per heavy atom. The van der Waals surface area contributed by atoms with Crippen LogP contribution in [0, 0.1) is 13.8 Å². The Bertz CT molecular complexity index is 660. The van der Waals surface area contributed by atoms with Crippen molar-refractivity contribution < 1.29 is 9.59 Å². The van der Waals surface area contributed by atoms with Gasteiger partial charge in [-0.1, -0.05) is 17.8 Å². The largest absolute Gasteiger partial charge is 0.370 e. The van der Waals surface area contributed by atoms with Gasteiger partial charge in [-0.3, -0.25) is 9.59 Å². The van der Waals surface area contributed by atoms with E-state index in [0.29, 0.717) is 5.69 Å². The molecule has 1 heterocycles. The molecule has 8 heteroatoms. The van der Waals surface area contributed by atoms with Crippen LogP contribution in [0.15, 0.2) is 28.2 Å². The molecule has 0 unspecified atom stereocenters. The van der Waals surface area contributed by atoms with Crippen molar-refractivity contribution in [3.05, 3.63) is 29.3 Å². The van der Waals surface area contributed by atoms with Crippen molar-refractivity contribution in [2.75, 3.05) is 5.32 Å². The summed E-state index contributed by atoms with van der Waals surface area (Å²) in [6.07, 6.45) is 0.0173. The number of nitrogens with zero attached hydrogens (tertiary/aromatic N) is 2. The number of nitrogens with one attached hydrogen (secondary N) is 1. The Balaban J connectivity index is 1.96. The molecule has 0 aromatic heterocycles. The average Bonchev–Trinajstić information content (AvgIpc) is 2.66. The van der Waals surface area contributed by atoms with Gasteiger partial charge in [0.15, 0.2) is 11.1 Å². The molecule has 1 aliphatic heterocycles. The molecule has 0 radical (unpaired) electrons. The van der Waals surface area contributed by atoms with Crippen molar-refractivity contribution >= 4 is 40.4 Å². The van der Waals surface area contributed by atoms with Gasteiger partial charge in [-0.05, 0) is 37.1 Å². The van der Waals surface area contributed by atoms with E-state index in [0.717, 1.165) is 22.9 Å². The number of aliphatic imine (C=N–C) groups is 2. The summed E-state index contributed by atoms with van der Waals surface area (Å²) in [7, 11) is 0. The maximum Gasteiger partial charge on any atom is 0.262 e. The van der Waals surface area contributed by atoms with Crippen molar-refractivity contribution in [1.29, 1.82) is 0 Å². The van der Waals surface area contributed by atoms with Gasteiger partial charge in [-0.25, -0.2) is 0 Å². The summed E-state index contributed by atoms with van der Waals surface area (Å²) in [5, 5.41) is 2.38. The van der Waals surface area contributed by atoms with Crippen LogP contribution < -0.4 is 16.8 Å². The van der Waals surface area contributed by atoms with Crippen LogP contribution in [-0.4, -0.2) is 28.2 Å². The molecular weight excluding hydrogens is 302 g/mol. The molecule has 0 saturated carbocycles. The number of nitrogens with two attached hydrogens (primary N) is 2. The highest BCUT2D eigenvalue weighted by Gasteiger charge is 2.30. The number of guanidine groups is 1. The van der Waals surface area contributed by atoms with E-state index in [1.807, 2.05) is 32.0 Å². The summed E-state index contributed by atoms with van der Waals surface area (Å²) in [5.41, 5.74) is 13.3. The van der Waals surface area contributed by atoms with Gasteiger partial charge in [0.2, 0.25) is 5.91 Å². The number of hydrogen-bond donors (Lipinski definition) is 3. The average molecular weight is 319 g/mol. The lowest BCUT2D eigenvalue weighted by Gasteiger charge is -2.09. The molecule has 5 N–H and O–H groups in total. The van der Waals surface area contributed by atoms with Crippen molar-refractivity contribution in [3.63, 3.8) is 0 Å². The third-order valence-electron chi connectivity index (χ3n) is 2.83. The maximum absolute atomic E-state index is 12.1. The zero-order valence-corrected chi connectivity index (χ0v) is 13.1. The molecule has 1 aromatic carbocycles. The number of carbonyl (C=O) groups excluding carboxylic acids is 2. The molecule has 0 bridgehead atoms. The van der Waals surface area contributed by atoms with E-state index in [1.165, 1.54) is 0 Å². The number of benzene rings is 1. The first-order valence-electron chi connectivity index (χ1n) is 6.60. The van der Waals surface area contributed by atoms with Gasteiger partial charge < -0.3 is 16.8 Å². The van der Waals surface area contributed by atoms with Crippen LogP contribution in [-0.2, 0) is 9.59 Å². The molecule has 0 fully saturated rings. The lowest BCUT2D eigenvalue weighted by atomic mass is 10.1. The minimum Gasteiger partial charge on any atom is -0.370 e. The van der Waals surface area contributed by atoms with Crippen molar-refractivity contribution in [2.24, 2.45) is 21.5 Å². The second-order valence-corrected chi connectivity index (χ2v) is 6.17. The second-order valence-electron chi connectivity index (χ2n) is 5.00. The lowest BCUT2D eigenvalue weighted by molar-refractivity contribution is -0.121. The molecule has 0 aliphatic carbocycles. The smallest absolute Gasteiger partial charge is 0.262 e. The standard InChI is InChI=1S/C14H17N5O2S/c1-7-3-8(2)5-9(4-7)17-11(20)6-10-12(21)18-14(22-10)19-13(15)16/h3-5,10H,6H2,1-2H3,(H,17,20)(H4,15,16,18,19,21)/t10-/m0/s1. The fourth-order valence-electron chi connectivity index (χ4n) is 2.09. The Morgan fingerprint density at radius 3 is 2.55 bits per heavy atom. The SMILES string of the molecule is Cc1cc(C)cc(NC(=O)C[C@@H]2SC(N=C(N)N)=NC2=O)c1. The maximum atomic E-state index is 12.1. The van der Waals surface area contributed by atoms with E-state index in [9.17, 15) is 9.59 Å². The van der Waals surface area contributed by atoms with Gasteiger partial charge in [0.25, 0.3) is 5.91 Å². The fraction of sp³-hybridized carbons (Fsp3) is 0.286. The van der Waals surface area contributed by atoms with Crippen LogP contribution >= 0.6 is 11.8 Å². The van der Waals surface area contributed by atoms with E-state index in [2.05, 4.69) is 15.3 Å². The fourth-order valence-corrected chi connectivity index (χ4v) is 3.03. The molecule has 2 amide bonds. The Kier molecular flexibility index (Phi) is 4.81. The van der Waals surface area contributed by atoms with E-state index >= 15 is 0 Å². The summed E-state index contributed by atoms with van der Waals surface area (Å²) in [4.78, 5) is 31.2. The van der Waals surface area contributed by atoms with Crippen LogP contribution in [0.4, 0.5) is 5.69 Å². The van der Waals surface area contributed by atoms with E-state index in [4.69, 9.17) is 11.5 Å². The molecule has 7 nitrogen and oxygen atoms in total. The van der Waals surface area contributed by atoms with Crippen molar-refractivity contribution in [3.8, 4) is 0 Å². The number of carbonyl (C=O) groups is 2. The number of anilines is 1. The van der Waals surface area contributed by atoms with E-state index < -0.39 is 11.2 Å². The summed E-state index contributed by atoms with van der Waals surface area (Å²) in [5.74, 6) is -0.822. The number of amides is 2. The normalized spacial score (nSPS) is 17.1. The van der Waals surface area contributed by atoms with Crippen LogP contribution in [0.5, 0.6) is 0 Å². The third kappa shape index (κ3) is 4.32. The van der Waals surface area contributed by atoms with Crippen LogP contribution in [0.25, 0.3) is 0 Å². The predicted octanol–water partition coefficient (Wildman–Crippen LogP) is 0.903. The second kappa shape index (κ2) is 6.61. The molecule has 1 aliphatic rings. The minimum atomic E-state index is -0.594. The highest BCUT2D eigenvalue weighted by Crippen LogP contribution is 2.26. The topological polar surface area (TPSA) is 123 Å². The number of aryl methyl sites for hydroxylation is 2. The molecule has 1 aromatic rings. The number of hydrogen-bond acceptors (Lipinski definition) is 4. The third-order valence-corrected chi connectivity index (χ3v) is 3.88. The van der Waals surface area contributed by atoms with E-state index in [1.54, 1.807) is 0 Å². The van der Waals surface area contributed by atoms with Crippen LogP contribution in [0.2, 0.25) is 0 Å². The molecule has 22 heavy (non-hydrogen) atoms. The molecule has 1 atom stereocenters. The van der Waals surface area contributed by atoms with Crippen LogP contribution in [0.1, 0.15) is 17.5 Å². The summed E-state index contributed by atoms with van der Waals surface area (Å²) < 4.78 is 0. The van der Waals surface area contributed by atoms with Gasteiger partial charge in [0.05, 0.1) is 0 Å². The molecule has 0 spiro atoms. The molecule has 0 saturated heterocycles. The molecule has 2 rings (SSSR count). The number of thioether (sulfide) groups is 1. The zero-order valence-electron chi connectivity index (χ0n) is 12.3. The predicted molar refractivity (Wildman–Crippen MR) is 88.8 cm³/mol. The Labute approximate surface area is 132 Å². The Morgan fingerprint density at radius 2 is 1.95 bits per heavy atom. The van der Waals surface area contributed by atoms with Gasteiger partial charge in [-0.2, -0.15) is 9.98 Å². The zero-order chi connectivity index (χ0) is 16.3. The highest BCUT2D eigenvalue weighted by molar-refractivity contribution is 8.15.